The van der Waals surface area contributed by atoms with Crippen LogP contribution >= 0.6 is 11.6 Å². The van der Waals surface area contributed by atoms with Crippen LogP contribution in [0.25, 0.3) is 0 Å². The highest BCUT2D eigenvalue weighted by Crippen LogP contribution is 2.29. The van der Waals surface area contributed by atoms with Crippen LogP contribution in [0.5, 0.6) is 0 Å². The molecule has 0 aliphatic heterocycles. The first-order chi connectivity index (χ1) is 6.79. The molecule has 2 rings (SSSR count). The molecule has 1 fully saturated rings. The Balaban J connectivity index is 2.04. The smallest absolute Gasteiger partial charge is 0.224 e. The first-order valence-corrected chi connectivity index (χ1v) is 5.11. The van der Waals surface area contributed by atoms with E-state index in [1.165, 1.54) is 12.8 Å². The van der Waals surface area contributed by atoms with Crippen molar-refractivity contribution in [3.8, 4) is 0 Å². The molecule has 1 heterocycles. The molecule has 2 N–H and O–H groups in total. The number of aromatic nitrogens is 2. The summed E-state index contributed by atoms with van der Waals surface area (Å²) in [5, 5.41) is 6.68. The Morgan fingerprint density at radius 3 is 3.00 bits per heavy atom. The van der Waals surface area contributed by atoms with Crippen LogP contribution < -0.4 is 10.6 Å². The largest absolute Gasteiger partial charge is 0.368 e. The third kappa shape index (κ3) is 2.26. The zero-order chi connectivity index (χ0) is 9.97. The standard InChI is InChI=1S/C9H13ClN4/c1-11-9-13-5-7(10)8(14-9)12-4-6-2-3-6/h5-6H,2-4H2,1H3,(H2,11,12,13,14). The van der Waals surface area contributed by atoms with Crippen molar-refractivity contribution in [3.63, 3.8) is 0 Å². The van der Waals surface area contributed by atoms with Gasteiger partial charge in [0.25, 0.3) is 0 Å². The fourth-order valence-corrected chi connectivity index (χ4v) is 1.33. The van der Waals surface area contributed by atoms with Crippen molar-refractivity contribution in [1.29, 1.82) is 0 Å². The topological polar surface area (TPSA) is 49.8 Å². The van der Waals surface area contributed by atoms with Crippen molar-refractivity contribution < 1.29 is 0 Å². The Hall–Kier alpha value is -1.03. The highest BCUT2D eigenvalue weighted by molar-refractivity contribution is 6.32. The number of halogens is 1. The lowest BCUT2D eigenvalue weighted by Gasteiger charge is -2.07. The maximum absolute atomic E-state index is 5.94. The molecule has 1 saturated carbocycles. The molecule has 0 amide bonds. The van der Waals surface area contributed by atoms with Crippen LogP contribution in [0, 0.1) is 5.92 Å². The van der Waals surface area contributed by atoms with Gasteiger partial charge >= 0.3 is 0 Å². The molecule has 0 bridgehead atoms. The van der Waals surface area contributed by atoms with Crippen molar-refractivity contribution in [2.45, 2.75) is 12.8 Å². The molecule has 5 heteroatoms. The van der Waals surface area contributed by atoms with E-state index in [0.717, 1.165) is 18.3 Å². The van der Waals surface area contributed by atoms with E-state index in [-0.39, 0.29) is 0 Å². The quantitative estimate of drug-likeness (QED) is 0.802. The normalized spacial score (nSPS) is 15.3. The minimum absolute atomic E-state index is 0.574. The molecule has 0 radical (unpaired) electrons. The summed E-state index contributed by atoms with van der Waals surface area (Å²) in [5.74, 6) is 2.12. The Kier molecular flexibility index (Phi) is 2.72. The fourth-order valence-electron chi connectivity index (χ4n) is 1.17. The Bertz CT molecular complexity index is 325. The summed E-state index contributed by atoms with van der Waals surface area (Å²) in [6.45, 7) is 0.958. The third-order valence-corrected chi connectivity index (χ3v) is 2.50. The lowest BCUT2D eigenvalue weighted by Crippen LogP contribution is -2.07. The number of rotatable bonds is 4. The van der Waals surface area contributed by atoms with Crippen LogP contribution in [0.3, 0.4) is 0 Å². The van der Waals surface area contributed by atoms with Crippen LogP contribution in [0.4, 0.5) is 11.8 Å². The van der Waals surface area contributed by atoms with E-state index in [0.29, 0.717) is 11.0 Å². The Morgan fingerprint density at radius 1 is 1.57 bits per heavy atom. The van der Waals surface area contributed by atoms with E-state index in [1.807, 2.05) is 0 Å². The van der Waals surface area contributed by atoms with E-state index >= 15 is 0 Å². The van der Waals surface area contributed by atoms with E-state index in [4.69, 9.17) is 11.6 Å². The summed E-state index contributed by atoms with van der Waals surface area (Å²) in [6, 6.07) is 0. The zero-order valence-electron chi connectivity index (χ0n) is 8.05. The Morgan fingerprint density at radius 2 is 2.36 bits per heavy atom. The second-order valence-corrected chi connectivity index (χ2v) is 3.87. The number of hydrogen-bond acceptors (Lipinski definition) is 4. The predicted octanol–water partition coefficient (Wildman–Crippen LogP) is 1.99. The van der Waals surface area contributed by atoms with E-state index < -0.39 is 0 Å². The van der Waals surface area contributed by atoms with Crippen LogP contribution in [-0.4, -0.2) is 23.6 Å². The van der Waals surface area contributed by atoms with Gasteiger partial charge in [0, 0.05) is 13.6 Å². The molecular formula is C9H13ClN4. The molecule has 1 aromatic rings. The van der Waals surface area contributed by atoms with Gasteiger partial charge in [0.15, 0.2) is 0 Å². The fraction of sp³-hybridized carbons (Fsp3) is 0.556. The zero-order valence-corrected chi connectivity index (χ0v) is 8.80. The van der Waals surface area contributed by atoms with Gasteiger partial charge in [-0.3, -0.25) is 0 Å². The maximum atomic E-state index is 5.94. The summed E-state index contributed by atoms with van der Waals surface area (Å²) in [6.07, 6.45) is 4.23. The van der Waals surface area contributed by atoms with Crippen LogP contribution in [0.15, 0.2) is 6.20 Å². The molecule has 14 heavy (non-hydrogen) atoms. The van der Waals surface area contributed by atoms with Gasteiger partial charge in [0.05, 0.1) is 6.20 Å². The van der Waals surface area contributed by atoms with Gasteiger partial charge in [-0.2, -0.15) is 4.98 Å². The van der Waals surface area contributed by atoms with E-state index in [1.54, 1.807) is 13.2 Å². The first-order valence-electron chi connectivity index (χ1n) is 4.73. The summed E-state index contributed by atoms with van der Waals surface area (Å²) in [4.78, 5) is 8.23. The monoisotopic (exact) mass is 212 g/mol. The van der Waals surface area contributed by atoms with Gasteiger partial charge in [0.1, 0.15) is 10.8 Å². The molecule has 1 aliphatic rings. The summed E-state index contributed by atoms with van der Waals surface area (Å²) in [7, 11) is 1.79. The van der Waals surface area contributed by atoms with Gasteiger partial charge in [-0.05, 0) is 18.8 Å². The van der Waals surface area contributed by atoms with Gasteiger partial charge in [-0.15, -0.1) is 0 Å². The highest BCUT2D eigenvalue weighted by Gasteiger charge is 2.21. The Labute approximate surface area is 88.1 Å². The van der Waals surface area contributed by atoms with E-state index in [9.17, 15) is 0 Å². The summed E-state index contributed by atoms with van der Waals surface area (Å²) < 4.78 is 0. The van der Waals surface area contributed by atoms with Gasteiger partial charge < -0.3 is 10.6 Å². The molecule has 76 valence electrons. The number of nitrogens with zero attached hydrogens (tertiary/aromatic N) is 2. The average molecular weight is 213 g/mol. The van der Waals surface area contributed by atoms with Crippen molar-refractivity contribution in [2.75, 3.05) is 24.2 Å². The molecule has 0 saturated heterocycles. The average Bonchev–Trinajstić information content (AvgIpc) is 3.00. The first kappa shape index (κ1) is 9.52. The van der Waals surface area contributed by atoms with Crippen molar-refractivity contribution >= 4 is 23.4 Å². The molecule has 1 aliphatic carbocycles. The SMILES string of the molecule is CNc1ncc(Cl)c(NCC2CC2)n1. The number of anilines is 2. The predicted molar refractivity (Wildman–Crippen MR) is 57.8 cm³/mol. The molecule has 0 aromatic carbocycles. The molecule has 1 aromatic heterocycles. The van der Waals surface area contributed by atoms with Crippen LogP contribution in [0.1, 0.15) is 12.8 Å². The lowest BCUT2D eigenvalue weighted by atomic mass is 10.4. The maximum Gasteiger partial charge on any atom is 0.224 e. The summed E-state index contributed by atoms with van der Waals surface area (Å²) in [5.41, 5.74) is 0. The van der Waals surface area contributed by atoms with E-state index in [2.05, 4.69) is 20.6 Å². The molecule has 0 spiro atoms. The molecular weight excluding hydrogens is 200 g/mol. The molecule has 0 unspecified atom stereocenters. The van der Waals surface area contributed by atoms with Crippen molar-refractivity contribution in [1.82, 2.24) is 9.97 Å². The van der Waals surface area contributed by atoms with Crippen molar-refractivity contribution in [2.24, 2.45) is 5.92 Å². The van der Waals surface area contributed by atoms with Crippen LogP contribution in [0.2, 0.25) is 5.02 Å². The van der Waals surface area contributed by atoms with Crippen LogP contribution in [-0.2, 0) is 0 Å². The van der Waals surface area contributed by atoms with Gasteiger partial charge in [-0.25, -0.2) is 4.98 Å². The minimum atomic E-state index is 0.574. The second kappa shape index (κ2) is 4.00. The minimum Gasteiger partial charge on any atom is -0.368 e. The third-order valence-electron chi connectivity index (χ3n) is 2.22. The molecule has 0 atom stereocenters. The lowest BCUT2D eigenvalue weighted by molar-refractivity contribution is 0.881. The molecule has 4 nitrogen and oxygen atoms in total. The van der Waals surface area contributed by atoms with Gasteiger partial charge in [-0.1, -0.05) is 11.6 Å². The highest BCUT2D eigenvalue weighted by atomic mass is 35.5. The number of nitrogens with one attached hydrogen (secondary N) is 2. The van der Waals surface area contributed by atoms with Gasteiger partial charge in [0.2, 0.25) is 5.95 Å². The van der Waals surface area contributed by atoms with Crippen molar-refractivity contribution in [3.05, 3.63) is 11.2 Å². The summed E-state index contributed by atoms with van der Waals surface area (Å²) >= 11 is 5.94. The second-order valence-electron chi connectivity index (χ2n) is 3.46. The number of hydrogen-bond donors (Lipinski definition) is 2.